The molecule has 4 aromatic rings. The van der Waals surface area contributed by atoms with Gasteiger partial charge in [0, 0.05) is 23.3 Å². The Bertz CT molecular complexity index is 1560. The van der Waals surface area contributed by atoms with Crippen LogP contribution in [-0.4, -0.2) is 25.1 Å². The van der Waals surface area contributed by atoms with E-state index in [1.54, 1.807) is 54.6 Å². The van der Waals surface area contributed by atoms with Crippen molar-refractivity contribution >= 4 is 27.3 Å². The fraction of sp³-hybridized carbons (Fsp3) is 0.0714. The number of carbonyl (C=O) groups is 2. The lowest BCUT2D eigenvalue weighted by Crippen LogP contribution is -2.21. The summed E-state index contributed by atoms with van der Waals surface area (Å²) in [6.45, 7) is 1.88. The minimum absolute atomic E-state index is 0.228. The third-order valence-electron chi connectivity index (χ3n) is 5.66. The average Bonchev–Trinajstić information content (AvgIpc) is 2.92. The van der Waals surface area contributed by atoms with E-state index in [1.807, 2.05) is 6.92 Å². The monoisotopic (exact) mass is 515 g/mol. The predicted octanol–water partition coefficient (Wildman–Crippen LogP) is 5.52. The molecular formula is C28H21NO7S. The number of aryl methyl sites for hydroxylation is 1. The Kier molecular flexibility index (Phi) is 7.26. The smallest absolute Gasteiger partial charge is 0.340 e. The lowest BCUT2D eigenvalue weighted by Gasteiger charge is -2.19. The predicted molar refractivity (Wildman–Crippen MR) is 135 cm³/mol. The lowest BCUT2D eigenvalue weighted by atomic mass is 9.99. The number of benzene rings is 4. The number of nitrogens with zero attached hydrogens (tertiary/aromatic N) is 1. The molecule has 8 nitrogen and oxygen atoms in total. The van der Waals surface area contributed by atoms with Crippen LogP contribution >= 0.6 is 0 Å². The van der Waals surface area contributed by atoms with Crippen LogP contribution in [0.3, 0.4) is 0 Å². The van der Waals surface area contributed by atoms with E-state index in [0.29, 0.717) is 11.1 Å². The average molecular weight is 516 g/mol. The SMILES string of the molecule is Cc1ccc(C(=O)[C@H](OC(=O)c2ccccc2S(=O)(=O)c2ccc([N+](=O)[O-])cc2)c2ccccc2)cc1. The summed E-state index contributed by atoms with van der Waals surface area (Å²) in [6, 6.07) is 25.0. The largest absolute Gasteiger partial charge is 0.445 e. The number of nitro groups is 1. The van der Waals surface area contributed by atoms with Gasteiger partial charge in [0.25, 0.3) is 5.69 Å². The van der Waals surface area contributed by atoms with Crippen molar-refractivity contribution in [1.29, 1.82) is 0 Å². The van der Waals surface area contributed by atoms with Crippen molar-refractivity contribution in [2.75, 3.05) is 0 Å². The number of non-ortho nitro benzene ring substituents is 1. The highest BCUT2D eigenvalue weighted by molar-refractivity contribution is 7.91. The molecule has 0 aliphatic carbocycles. The van der Waals surface area contributed by atoms with Crippen molar-refractivity contribution in [3.8, 4) is 0 Å². The first kappa shape index (κ1) is 25.5. The quantitative estimate of drug-likeness (QED) is 0.131. The molecule has 0 fully saturated rings. The van der Waals surface area contributed by atoms with Gasteiger partial charge in [0.2, 0.25) is 15.6 Å². The second-order valence-corrected chi connectivity index (χ2v) is 10.1. The zero-order valence-corrected chi connectivity index (χ0v) is 20.4. The topological polar surface area (TPSA) is 121 Å². The molecule has 4 aromatic carbocycles. The third-order valence-corrected chi connectivity index (χ3v) is 7.48. The molecule has 0 bridgehead atoms. The van der Waals surface area contributed by atoms with Gasteiger partial charge in [-0.2, -0.15) is 0 Å². The zero-order valence-electron chi connectivity index (χ0n) is 19.6. The number of carbonyl (C=O) groups excluding carboxylic acids is 2. The standard InChI is InChI=1S/C28H21NO7S/c1-19-11-13-20(14-12-19)26(30)27(21-7-3-2-4-8-21)36-28(31)24-9-5-6-10-25(24)37(34,35)23-17-15-22(16-18-23)29(32)33/h2-18,27H,1H3/t27-/m1/s1. The number of hydrogen-bond donors (Lipinski definition) is 0. The van der Waals surface area contributed by atoms with Gasteiger partial charge in [0.1, 0.15) is 0 Å². The van der Waals surface area contributed by atoms with E-state index in [-0.39, 0.29) is 21.0 Å². The molecule has 0 amide bonds. The third kappa shape index (κ3) is 5.46. The van der Waals surface area contributed by atoms with Gasteiger partial charge in [0.05, 0.1) is 20.3 Å². The highest BCUT2D eigenvalue weighted by Gasteiger charge is 2.30. The van der Waals surface area contributed by atoms with Gasteiger partial charge in [-0.05, 0) is 31.2 Å². The summed E-state index contributed by atoms with van der Waals surface area (Å²) in [7, 11) is -4.24. The maximum absolute atomic E-state index is 13.4. The van der Waals surface area contributed by atoms with Gasteiger partial charge >= 0.3 is 5.97 Å². The Labute approximate surface area is 213 Å². The van der Waals surface area contributed by atoms with Crippen LogP contribution < -0.4 is 0 Å². The molecule has 0 saturated heterocycles. The molecule has 0 aliphatic heterocycles. The fourth-order valence-corrected chi connectivity index (χ4v) is 5.13. The first-order chi connectivity index (χ1) is 17.7. The van der Waals surface area contributed by atoms with Crippen LogP contribution in [0.2, 0.25) is 0 Å². The van der Waals surface area contributed by atoms with E-state index >= 15 is 0 Å². The van der Waals surface area contributed by atoms with E-state index < -0.39 is 32.6 Å². The van der Waals surface area contributed by atoms with Crippen molar-refractivity contribution in [1.82, 2.24) is 0 Å². The molecule has 0 radical (unpaired) electrons. The van der Waals surface area contributed by atoms with Crippen LogP contribution in [0, 0.1) is 17.0 Å². The number of esters is 1. The number of nitro benzene ring substituents is 1. The Morgan fingerprint density at radius 1 is 0.811 bits per heavy atom. The summed E-state index contributed by atoms with van der Waals surface area (Å²) < 4.78 is 32.3. The molecular weight excluding hydrogens is 494 g/mol. The summed E-state index contributed by atoms with van der Waals surface area (Å²) >= 11 is 0. The van der Waals surface area contributed by atoms with Crippen LogP contribution in [0.5, 0.6) is 0 Å². The molecule has 0 N–H and O–H groups in total. The normalized spacial score (nSPS) is 11.9. The molecule has 0 aliphatic rings. The lowest BCUT2D eigenvalue weighted by molar-refractivity contribution is -0.384. The van der Waals surface area contributed by atoms with E-state index in [2.05, 4.69) is 0 Å². The molecule has 0 unspecified atom stereocenters. The minimum atomic E-state index is -4.24. The maximum Gasteiger partial charge on any atom is 0.340 e. The zero-order chi connectivity index (χ0) is 26.6. The molecule has 186 valence electrons. The van der Waals surface area contributed by atoms with Gasteiger partial charge in [-0.25, -0.2) is 13.2 Å². The Morgan fingerprint density at radius 2 is 1.41 bits per heavy atom. The first-order valence-corrected chi connectivity index (χ1v) is 12.6. The van der Waals surface area contributed by atoms with E-state index in [4.69, 9.17) is 4.74 Å². The Balaban J connectivity index is 1.71. The van der Waals surface area contributed by atoms with Crippen LogP contribution in [0.25, 0.3) is 0 Å². The van der Waals surface area contributed by atoms with E-state index in [0.717, 1.165) is 29.8 Å². The number of ether oxygens (including phenoxy) is 1. The highest BCUT2D eigenvalue weighted by Crippen LogP contribution is 2.29. The molecule has 0 saturated carbocycles. The van der Waals surface area contributed by atoms with Crippen molar-refractivity contribution in [2.24, 2.45) is 0 Å². The Morgan fingerprint density at radius 3 is 2.03 bits per heavy atom. The maximum atomic E-state index is 13.4. The van der Waals surface area contributed by atoms with E-state index in [1.165, 1.54) is 24.3 Å². The van der Waals surface area contributed by atoms with E-state index in [9.17, 15) is 28.1 Å². The summed E-state index contributed by atoms with van der Waals surface area (Å²) in [5.41, 5.74) is 1.18. The van der Waals surface area contributed by atoms with Gasteiger partial charge in [-0.15, -0.1) is 0 Å². The highest BCUT2D eigenvalue weighted by atomic mass is 32.2. The number of Topliss-reactive ketones (excluding diaryl/α,β-unsaturated/α-hetero) is 1. The van der Waals surface area contributed by atoms with Crippen molar-refractivity contribution in [3.63, 3.8) is 0 Å². The Hall–Kier alpha value is -4.63. The van der Waals surface area contributed by atoms with Crippen LogP contribution in [0.4, 0.5) is 5.69 Å². The fourth-order valence-electron chi connectivity index (χ4n) is 3.68. The number of ketones is 1. The van der Waals surface area contributed by atoms with Crippen LogP contribution in [0.1, 0.15) is 37.9 Å². The van der Waals surface area contributed by atoms with Gasteiger partial charge in [-0.3, -0.25) is 14.9 Å². The summed E-state index contributed by atoms with van der Waals surface area (Å²) in [4.78, 5) is 36.4. The number of sulfone groups is 1. The molecule has 1 atom stereocenters. The summed E-state index contributed by atoms with van der Waals surface area (Å²) in [5, 5.41) is 10.9. The van der Waals surface area contributed by atoms with Crippen LogP contribution in [-0.2, 0) is 14.6 Å². The van der Waals surface area contributed by atoms with Crippen molar-refractivity contribution in [3.05, 3.63) is 135 Å². The van der Waals surface area contributed by atoms with Gasteiger partial charge in [-0.1, -0.05) is 72.3 Å². The molecule has 4 rings (SSSR count). The van der Waals surface area contributed by atoms with Crippen LogP contribution in [0.15, 0.2) is 113 Å². The minimum Gasteiger partial charge on any atom is -0.445 e. The molecule has 37 heavy (non-hydrogen) atoms. The molecule has 9 heteroatoms. The molecule has 0 aromatic heterocycles. The number of rotatable bonds is 8. The first-order valence-electron chi connectivity index (χ1n) is 11.1. The summed E-state index contributed by atoms with van der Waals surface area (Å²) in [6.07, 6.45) is -1.31. The second kappa shape index (κ2) is 10.5. The van der Waals surface area contributed by atoms with Crippen molar-refractivity contribution < 1.29 is 27.7 Å². The summed E-state index contributed by atoms with van der Waals surface area (Å²) in [5.74, 6) is -1.47. The second-order valence-electron chi connectivity index (χ2n) is 8.18. The van der Waals surface area contributed by atoms with Gasteiger partial charge in [0.15, 0.2) is 6.10 Å². The molecule has 0 heterocycles. The van der Waals surface area contributed by atoms with Crippen molar-refractivity contribution in [2.45, 2.75) is 22.8 Å². The number of hydrogen-bond acceptors (Lipinski definition) is 7. The molecule has 0 spiro atoms. The van der Waals surface area contributed by atoms with Gasteiger partial charge < -0.3 is 4.74 Å².